The molecule has 1 saturated heterocycles. The van der Waals surface area contributed by atoms with Gasteiger partial charge in [-0.3, -0.25) is 4.79 Å². The standard InChI is InChI=1S/C11H10ClFO2/c12-7-11(6-5-10(14)15-11)8-1-3-9(13)4-2-8/h1-4H,5-7H2/t11-/m0/s1. The predicted molar refractivity (Wildman–Crippen MR) is 54.1 cm³/mol. The average Bonchev–Trinajstić information content (AvgIpc) is 2.62. The Morgan fingerprint density at radius 1 is 1.40 bits per heavy atom. The predicted octanol–water partition coefficient (Wildman–Crippen LogP) is 2.60. The molecule has 15 heavy (non-hydrogen) atoms. The van der Waals surface area contributed by atoms with Gasteiger partial charge in [-0.25, -0.2) is 4.39 Å². The highest BCUT2D eigenvalue weighted by molar-refractivity contribution is 6.18. The quantitative estimate of drug-likeness (QED) is 0.575. The first-order chi connectivity index (χ1) is 7.16. The Hall–Kier alpha value is -1.09. The second-order valence-electron chi connectivity index (χ2n) is 3.61. The summed E-state index contributed by atoms with van der Waals surface area (Å²) in [7, 11) is 0. The van der Waals surface area contributed by atoms with E-state index in [-0.39, 0.29) is 17.7 Å². The number of rotatable bonds is 2. The van der Waals surface area contributed by atoms with E-state index in [1.165, 1.54) is 12.1 Å². The maximum absolute atomic E-state index is 12.7. The van der Waals surface area contributed by atoms with E-state index in [1.54, 1.807) is 12.1 Å². The molecule has 0 amide bonds. The molecule has 2 rings (SSSR count). The fraction of sp³-hybridized carbons (Fsp3) is 0.364. The first kappa shape index (κ1) is 10.4. The van der Waals surface area contributed by atoms with Crippen molar-refractivity contribution in [1.29, 1.82) is 0 Å². The van der Waals surface area contributed by atoms with Gasteiger partial charge in [0.25, 0.3) is 0 Å². The Kier molecular flexibility index (Phi) is 2.65. The highest BCUT2D eigenvalue weighted by Gasteiger charge is 2.41. The number of carbonyl (C=O) groups is 1. The molecule has 2 nitrogen and oxygen atoms in total. The zero-order chi connectivity index (χ0) is 10.9. The number of carbonyl (C=O) groups excluding carboxylic acids is 1. The number of cyclic esters (lactones) is 1. The van der Waals surface area contributed by atoms with Gasteiger partial charge in [-0.15, -0.1) is 11.6 Å². The monoisotopic (exact) mass is 228 g/mol. The molecule has 0 N–H and O–H groups in total. The molecule has 1 aromatic carbocycles. The Morgan fingerprint density at radius 2 is 2.07 bits per heavy atom. The van der Waals surface area contributed by atoms with Gasteiger partial charge in [-0.05, 0) is 17.7 Å². The largest absolute Gasteiger partial charge is 0.453 e. The van der Waals surface area contributed by atoms with Gasteiger partial charge in [0, 0.05) is 12.8 Å². The van der Waals surface area contributed by atoms with E-state index in [1.807, 2.05) is 0 Å². The molecule has 80 valence electrons. The fourth-order valence-electron chi connectivity index (χ4n) is 1.75. The van der Waals surface area contributed by atoms with Gasteiger partial charge in [0.05, 0.1) is 5.88 Å². The maximum atomic E-state index is 12.7. The smallest absolute Gasteiger partial charge is 0.306 e. The van der Waals surface area contributed by atoms with Crippen LogP contribution in [0.4, 0.5) is 4.39 Å². The molecule has 0 radical (unpaired) electrons. The van der Waals surface area contributed by atoms with Crippen molar-refractivity contribution in [3.05, 3.63) is 35.6 Å². The van der Waals surface area contributed by atoms with E-state index in [2.05, 4.69) is 0 Å². The van der Waals surface area contributed by atoms with Crippen molar-refractivity contribution in [3.8, 4) is 0 Å². The fourth-order valence-corrected chi connectivity index (χ4v) is 2.09. The third kappa shape index (κ3) is 1.84. The lowest BCUT2D eigenvalue weighted by Gasteiger charge is -2.25. The summed E-state index contributed by atoms with van der Waals surface area (Å²) in [6.45, 7) is 0. The molecule has 1 aliphatic heterocycles. The minimum atomic E-state index is -0.758. The molecule has 4 heteroatoms. The number of esters is 1. The number of hydrogen-bond donors (Lipinski definition) is 0. The number of alkyl halides is 1. The molecule has 0 aromatic heterocycles. The van der Waals surface area contributed by atoms with Crippen LogP contribution in [0.3, 0.4) is 0 Å². The van der Waals surface area contributed by atoms with E-state index in [0.717, 1.165) is 5.56 Å². The van der Waals surface area contributed by atoms with Gasteiger partial charge in [0.2, 0.25) is 0 Å². The molecule has 1 atom stereocenters. The highest BCUT2D eigenvalue weighted by atomic mass is 35.5. The van der Waals surface area contributed by atoms with Crippen LogP contribution in [0.15, 0.2) is 24.3 Å². The molecule has 0 unspecified atom stereocenters. The second kappa shape index (κ2) is 3.81. The van der Waals surface area contributed by atoms with E-state index >= 15 is 0 Å². The zero-order valence-corrected chi connectivity index (χ0v) is 8.76. The Balaban J connectivity index is 2.34. The van der Waals surface area contributed by atoms with Crippen molar-refractivity contribution >= 4 is 17.6 Å². The average molecular weight is 229 g/mol. The number of ether oxygens (including phenoxy) is 1. The SMILES string of the molecule is O=C1CC[C@](CCl)(c2ccc(F)cc2)O1. The zero-order valence-electron chi connectivity index (χ0n) is 8.00. The summed E-state index contributed by atoms with van der Waals surface area (Å²) in [5.74, 6) is -0.363. The lowest BCUT2D eigenvalue weighted by molar-refractivity contribution is -0.147. The van der Waals surface area contributed by atoms with Gasteiger partial charge in [0.15, 0.2) is 5.60 Å². The summed E-state index contributed by atoms with van der Waals surface area (Å²) >= 11 is 5.83. The van der Waals surface area contributed by atoms with Crippen LogP contribution >= 0.6 is 11.6 Å². The molecule has 0 spiro atoms. The van der Waals surface area contributed by atoms with Crippen LogP contribution in [0.25, 0.3) is 0 Å². The molecule has 0 aliphatic carbocycles. The maximum Gasteiger partial charge on any atom is 0.306 e. The van der Waals surface area contributed by atoms with E-state index < -0.39 is 5.60 Å². The summed E-state index contributed by atoms with van der Waals surface area (Å²) < 4.78 is 18.0. The number of halogens is 2. The summed E-state index contributed by atoms with van der Waals surface area (Å²) in [6, 6.07) is 5.90. The van der Waals surface area contributed by atoms with Gasteiger partial charge in [0.1, 0.15) is 5.82 Å². The lowest BCUT2D eigenvalue weighted by Crippen LogP contribution is -2.27. The molecule has 0 saturated carbocycles. The van der Waals surface area contributed by atoms with E-state index in [9.17, 15) is 9.18 Å². The van der Waals surface area contributed by atoms with Crippen molar-refractivity contribution in [1.82, 2.24) is 0 Å². The molecule has 1 fully saturated rings. The van der Waals surface area contributed by atoms with Gasteiger partial charge < -0.3 is 4.74 Å². The molecule has 0 bridgehead atoms. The molecule has 1 heterocycles. The normalized spacial score (nSPS) is 25.3. The van der Waals surface area contributed by atoms with Crippen molar-refractivity contribution in [3.63, 3.8) is 0 Å². The first-order valence-electron chi connectivity index (χ1n) is 4.70. The van der Waals surface area contributed by atoms with Crippen LogP contribution in [0.1, 0.15) is 18.4 Å². The minimum Gasteiger partial charge on any atom is -0.453 e. The van der Waals surface area contributed by atoms with Crippen molar-refractivity contribution in [2.45, 2.75) is 18.4 Å². The first-order valence-corrected chi connectivity index (χ1v) is 5.24. The minimum absolute atomic E-state index is 0.199. The van der Waals surface area contributed by atoms with Gasteiger partial charge >= 0.3 is 5.97 Å². The van der Waals surface area contributed by atoms with Crippen molar-refractivity contribution in [2.75, 3.05) is 5.88 Å². The van der Waals surface area contributed by atoms with Crippen molar-refractivity contribution in [2.24, 2.45) is 0 Å². The summed E-state index contributed by atoms with van der Waals surface area (Å²) in [5.41, 5.74) is -0.00320. The van der Waals surface area contributed by atoms with Crippen LogP contribution in [0.5, 0.6) is 0 Å². The Bertz CT molecular complexity index is 377. The van der Waals surface area contributed by atoms with Crippen LogP contribution in [0, 0.1) is 5.82 Å². The third-order valence-electron chi connectivity index (χ3n) is 2.63. The third-order valence-corrected chi connectivity index (χ3v) is 3.06. The summed E-state index contributed by atoms with van der Waals surface area (Å²) in [5, 5.41) is 0. The Morgan fingerprint density at radius 3 is 2.53 bits per heavy atom. The summed E-state index contributed by atoms with van der Waals surface area (Å²) in [6.07, 6.45) is 0.922. The highest BCUT2D eigenvalue weighted by Crippen LogP contribution is 2.37. The van der Waals surface area contributed by atoms with Crippen LogP contribution in [-0.4, -0.2) is 11.8 Å². The van der Waals surface area contributed by atoms with Crippen LogP contribution < -0.4 is 0 Å². The lowest BCUT2D eigenvalue weighted by atomic mass is 9.93. The van der Waals surface area contributed by atoms with Crippen LogP contribution in [-0.2, 0) is 15.1 Å². The van der Waals surface area contributed by atoms with E-state index in [0.29, 0.717) is 12.8 Å². The summed E-state index contributed by atoms with van der Waals surface area (Å²) in [4.78, 5) is 11.1. The Labute approximate surface area is 92.0 Å². The van der Waals surface area contributed by atoms with Crippen LogP contribution in [0.2, 0.25) is 0 Å². The topological polar surface area (TPSA) is 26.3 Å². The van der Waals surface area contributed by atoms with Crippen molar-refractivity contribution < 1.29 is 13.9 Å². The second-order valence-corrected chi connectivity index (χ2v) is 3.88. The molecular weight excluding hydrogens is 219 g/mol. The molecular formula is C11H10ClFO2. The molecule has 1 aromatic rings. The number of hydrogen-bond acceptors (Lipinski definition) is 2. The van der Waals surface area contributed by atoms with Gasteiger partial charge in [-0.2, -0.15) is 0 Å². The van der Waals surface area contributed by atoms with E-state index in [4.69, 9.17) is 16.3 Å². The molecule has 1 aliphatic rings. The van der Waals surface area contributed by atoms with Gasteiger partial charge in [-0.1, -0.05) is 12.1 Å². The number of benzene rings is 1.